The molecule has 2 aromatic carbocycles. The lowest BCUT2D eigenvalue weighted by Gasteiger charge is -2.13. The number of hydrogen-bond donors (Lipinski definition) is 0. The molecule has 0 N–H and O–H groups in total. The molecule has 0 bridgehead atoms. The van der Waals surface area contributed by atoms with Gasteiger partial charge in [0.25, 0.3) is 5.24 Å². The van der Waals surface area contributed by atoms with Crippen LogP contribution in [-0.4, -0.2) is 12.4 Å². The van der Waals surface area contributed by atoms with Crippen molar-refractivity contribution < 1.29 is 18.7 Å². The molecular formula is C15H12ClFO3. The molecule has 0 atom stereocenters. The van der Waals surface area contributed by atoms with Crippen molar-refractivity contribution in [2.24, 2.45) is 0 Å². The van der Waals surface area contributed by atoms with Crippen molar-refractivity contribution in [1.82, 2.24) is 0 Å². The molecule has 2 aromatic rings. The lowest BCUT2D eigenvalue weighted by molar-refractivity contribution is 0.107. The van der Waals surface area contributed by atoms with Gasteiger partial charge in [0, 0.05) is 0 Å². The summed E-state index contributed by atoms with van der Waals surface area (Å²) in [6.07, 6.45) is 0. The van der Waals surface area contributed by atoms with E-state index in [2.05, 4.69) is 0 Å². The number of para-hydroxylation sites is 1. The van der Waals surface area contributed by atoms with E-state index in [1.807, 2.05) is 0 Å². The Morgan fingerprint density at radius 2 is 1.90 bits per heavy atom. The largest absolute Gasteiger partial charge is 0.493 e. The quantitative estimate of drug-likeness (QED) is 0.787. The number of halogens is 2. The summed E-state index contributed by atoms with van der Waals surface area (Å²) >= 11 is 5.52. The zero-order chi connectivity index (χ0) is 14.5. The molecule has 0 aliphatic rings. The minimum Gasteiger partial charge on any atom is -0.493 e. The van der Waals surface area contributed by atoms with Crippen LogP contribution in [0.25, 0.3) is 0 Å². The predicted octanol–water partition coefficient (Wildman–Crippen LogP) is 3.79. The van der Waals surface area contributed by atoms with E-state index < -0.39 is 5.24 Å². The average molecular weight is 295 g/mol. The van der Waals surface area contributed by atoms with E-state index in [0.29, 0.717) is 5.75 Å². The molecule has 0 aromatic heterocycles. The predicted molar refractivity (Wildman–Crippen MR) is 73.9 cm³/mol. The summed E-state index contributed by atoms with van der Waals surface area (Å²) in [7, 11) is 1.47. The number of rotatable bonds is 5. The number of benzene rings is 2. The van der Waals surface area contributed by atoms with E-state index >= 15 is 0 Å². The molecule has 0 amide bonds. The monoisotopic (exact) mass is 294 g/mol. The molecule has 0 radical (unpaired) electrons. The van der Waals surface area contributed by atoms with Gasteiger partial charge < -0.3 is 9.47 Å². The van der Waals surface area contributed by atoms with E-state index in [9.17, 15) is 9.18 Å². The van der Waals surface area contributed by atoms with Gasteiger partial charge in [0.05, 0.1) is 12.7 Å². The van der Waals surface area contributed by atoms with Crippen LogP contribution in [0.2, 0.25) is 0 Å². The molecule has 0 spiro atoms. The Morgan fingerprint density at radius 3 is 2.50 bits per heavy atom. The molecule has 0 aliphatic heterocycles. The van der Waals surface area contributed by atoms with E-state index in [1.165, 1.54) is 19.2 Å². The second kappa shape index (κ2) is 6.39. The van der Waals surface area contributed by atoms with E-state index in [-0.39, 0.29) is 23.7 Å². The molecule has 5 heteroatoms. The van der Waals surface area contributed by atoms with Gasteiger partial charge in [-0.25, -0.2) is 4.39 Å². The zero-order valence-electron chi connectivity index (χ0n) is 10.7. The van der Waals surface area contributed by atoms with Crippen molar-refractivity contribution in [3.05, 3.63) is 59.4 Å². The van der Waals surface area contributed by atoms with Gasteiger partial charge in [-0.15, -0.1) is 0 Å². The number of carbonyl (C=O) groups is 1. The highest BCUT2D eigenvalue weighted by atomic mass is 35.5. The third kappa shape index (κ3) is 3.27. The third-order valence-electron chi connectivity index (χ3n) is 2.71. The van der Waals surface area contributed by atoms with Crippen LogP contribution in [0.5, 0.6) is 11.5 Å². The van der Waals surface area contributed by atoms with Crippen molar-refractivity contribution in [1.29, 1.82) is 0 Å². The Hall–Kier alpha value is -2.07. The molecule has 2 rings (SSSR count). The molecule has 0 saturated carbocycles. The Labute approximate surface area is 120 Å². The van der Waals surface area contributed by atoms with Gasteiger partial charge in [0.2, 0.25) is 0 Å². The highest BCUT2D eigenvalue weighted by Gasteiger charge is 2.15. The maximum absolute atomic E-state index is 12.8. The first-order valence-corrected chi connectivity index (χ1v) is 6.23. The summed E-state index contributed by atoms with van der Waals surface area (Å²) in [5, 5.41) is -0.627. The van der Waals surface area contributed by atoms with E-state index in [0.717, 1.165) is 5.56 Å². The van der Waals surface area contributed by atoms with Crippen LogP contribution in [0.4, 0.5) is 4.39 Å². The van der Waals surface area contributed by atoms with E-state index in [4.69, 9.17) is 21.1 Å². The summed E-state index contributed by atoms with van der Waals surface area (Å²) in [5.74, 6) is 0.376. The molecular weight excluding hydrogens is 283 g/mol. The number of carbonyl (C=O) groups excluding carboxylic acids is 1. The first-order valence-electron chi connectivity index (χ1n) is 5.86. The Balaban J connectivity index is 2.23. The van der Waals surface area contributed by atoms with Crippen LogP contribution in [0.1, 0.15) is 15.9 Å². The van der Waals surface area contributed by atoms with Gasteiger partial charge in [0.1, 0.15) is 12.4 Å². The first kappa shape index (κ1) is 14.3. The van der Waals surface area contributed by atoms with Gasteiger partial charge in [-0.2, -0.15) is 0 Å². The van der Waals surface area contributed by atoms with Crippen molar-refractivity contribution >= 4 is 16.8 Å². The van der Waals surface area contributed by atoms with Crippen LogP contribution >= 0.6 is 11.6 Å². The number of ether oxygens (including phenoxy) is 2. The Morgan fingerprint density at radius 1 is 1.20 bits per heavy atom. The first-order chi connectivity index (χ1) is 9.61. The van der Waals surface area contributed by atoms with Gasteiger partial charge in [-0.1, -0.05) is 18.2 Å². The summed E-state index contributed by atoms with van der Waals surface area (Å²) < 4.78 is 23.6. The van der Waals surface area contributed by atoms with Crippen LogP contribution in [0.3, 0.4) is 0 Å². The fourth-order valence-electron chi connectivity index (χ4n) is 1.72. The lowest BCUT2D eigenvalue weighted by Crippen LogP contribution is -2.02. The lowest BCUT2D eigenvalue weighted by atomic mass is 10.2. The standard InChI is InChI=1S/C15H12ClFO3/c1-19-13-4-2-3-12(15(16)18)14(13)20-9-10-5-7-11(17)8-6-10/h2-8H,9H2,1H3. The fourth-order valence-corrected chi connectivity index (χ4v) is 1.87. The Bertz CT molecular complexity index is 611. The van der Waals surface area contributed by atoms with Crippen molar-refractivity contribution in [3.63, 3.8) is 0 Å². The van der Waals surface area contributed by atoms with Crippen LogP contribution in [0.15, 0.2) is 42.5 Å². The van der Waals surface area contributed by atoms with Gasteiger partial charge in [-0.05, 0) is 41.4 Å². The summed E-state index contributed by atoms with van der Waals surface area (Å²) in [6.45, 7) is 0.178. The fraction of sp³-hybridized carbons (Fsp3) is 0.133. The number of hydrogen-bond acceptors (Lipinski definition) is 3. The summed E-state index contributed by atoms with van der Waals surface area (Å²) in [4.78, 5) is 11.4. The molecule has 0 saturated heterocycles. The van der Waals surface area contributed by atoms with Crippen LogP contribution in [0, 0.1) is 5.82 Å². The summed E-state index contributed by atoms with van der Waals surface area (Å²) in [5.41, 5.74) is 0.999. The normalized spacial score (nSPS) is 10.2. The second-order valence-corrected chi connectivity index (χ2v) is 4.37. The van der Waals surface area contributed by atoms with E-state index in [1.54, 1.807) is 30.3 Å². The second-order valence-electron chi connectivity index (χ2n) is 4.03. The summed E-state index contributed by atoms with van der Waals surface area (Å²) in [6, 6.07) is 10.8. The maximum Gasteiger partial charge on any atom is 0.256 e. The molecule has 0 heterocycles. The van der Waals surface area contributed by atoms with Crippen molar-refractivity contribution in [2.45, 2.75) is 6.61 Å². The van der Waals surface area contributed by atoms with Crippen molar-refractivity contribution in [3.8, 4) is 11.5 Å². The highest BCUT2D eigenvalue weighted by molar-refractivity contribution is 6.68. The van der Waals surface area contributed by atoms with Gasteiger partial charge >= 0.3 is 0 Å². The molecule has 0 fully saturated rings. The average Bonchev–Trinajstić information content (AvgIpc) is 2.46. The highest BCUT2D eigenvalue weighted by Crippen LogP contribution is 2.32. The van der Waals surface area contributed by atoms with Gasteiger partial charge in [0.15, 0.2) is 11.5 Å². The SMILES string of the molecule is COc1cccc(C(=O)Cl)c1OCc1ccc(F)cc1. The number of methoxy groups -OCH3 is 1. The smallest absolute Gasteiger partial charge is 0.256 e. The van der Waals surface area contributed by atoms with Crippen LogP contribution < -0.4 is 9.47 Å². The van der Waals surface area contributed by atoms with Crippen LogP contribution in [-0.2, 0) is 6.61 Å². The molecule has 3 nitrogen and oxygen atoms in total. The zero-order valence-corrected chi connectivity index (χ0v) is 11.5. The minimum atomic E-state index is -0.627. The minimum absolute atomic E-state index is 0.178. The topological polar surface area (TPSA) is 35.5 Å². The molecule has 0 unspecified atom stereocenters. The molecule has 104 valence electrons. The third-order valence-corrected chi connectivity index (χ3v) is 2.91. The molecule has 0 aliphatic carbocycles. The maximum atomic E-state index is 12.8. The Kier molecular flexibility index (Phi) is 4.58. The molecule has 20 heavy (non-hydrogen) atoms. The van der Waals surface area contributed by atoms with Crippen molar-refractivity contribution in [2.75, 3.05) is 7.11 Å². The van der Waals surface area contributed by atoms with Gasteiger partial charge in [-0.3, -0.25) is 4.79 Å².